The van der Waals surface area contributed by atoms with Crippen LogP contribution in [-0.4, -0.2) is 32.5 Å². The largest absolute Gasteiger partial charge is 0.497 e. The number of benzene rings is 2. The van der Waals surface area contributed by atoms with Gasteiger partial charge in [-0.05, 0) is 30.3 Å². The zero-order chi connectivity index (χ0) is 15.1. The summed E-state index contributed by atoms with van der Waals surface area (Å²) in [7, 11) is 3.25. The van der Waals surface area contributed by atoms with E-state index >= 15 is 0 Å². The van der Waals surface area contributed by atoms with Crippen molar-refractivity contribution in [2.24, 2.45) is 0 Å². The molecule has 21 heavy (non-hydrogen) atoms. The minimum Gasteiger partial charge on any atom is -0.497 e. The molecule has 0 heterocycles. The van der Waals surface area contributed by atoms with Gasteiger partial charge < -0.3 is 19.3 Å². The Labute approximate surface area is 124 Å². The molecule has 112 valence electrons. The van der Waals surface area contributed by atoms with Crippen LogP contribution in [0.4, 0.5) is 0 Å². The van der Waals surface area contributed by atoms with Crippen LogP contribution in [0.15, 0.2) is 48.5 Å². The maximum atomic E-state index is 9.60. The molecule has 1 N–H and O–H groups in total. The third-order valence-electron chi connectivity index (χ3n) is 3.31. The maximum Gasteiger partial charge on any atom is 0.122 e. The van der Waals surface area contributed by atoms with Gasteiger partial charge in [-0.2, -0.15) is 0 Å². The van der Waals surface area contributed by atoms with E-state index in [4.69, 9.17) is 14.2 Å². The van der Waals surface area contributed by atoms with Gasteiger partial charge in [0, 0.05) is 11.5 Å². The van der Waals surface area contributed by atoms with E-state index in [1.165, 1.54) is 0 Å². The molecule has 0 aromatic heterocycles. The van der Waals surface area contributed by atoms with Gasteiger partial charge in [0.05, 0.1) is 27.4 Å². The lowest BCUT2D eigenvalue weighted by Crippen LogP contribution is -2.15. The molecule has 2 aromatic carbocycles. The smallest absolute Gasteiger partial charge is 0.122 e. The van der Waals surface area contributed by atoms with Crippen LogP contribution in [0.25, 0.3) is 0 Å². The van der Waals surface area contributed by atoms with Crippen molar-refractivity contribution in [3.8, 4) is 17.2 Å². The normalized spacial score (nSPS) is 11.8. The average molecular weight is 288 g/mol. The molecule has 0 aliphatic rings. The summed E-state index contributed by atoms with van der Waals surface area (Å²) in [5, 5.41) is 9.60. The first-order valence-corrected chi connectivity index (χ1v) is 6.79. The van der Waals surface area contributed by atoms with Crippen LogP contribution < -0.4 is 14.2 Å². The summed E-state index contributed by atoms with van der Waals surface area (Å²) in [5.74, 6) is 2.15. The third kappa shape index (κ3) is 3.89. The highest BCUT2D eigenvalue weighted by molar-refractivity contribution is 5.37. The number of hydrogen-bond donors (Lipinski definition) is 1. The third-order valence-corrected chi connectivity index (χ3v) is 3.31. The van der Waals surface area contributed by atoms with E-state index in [1.54, 1.807) is 14.2 Å². The number of ether oxygens (including phenoxy) is 3. The fourth-order valence-electron chi connectivity index (χ4n) is 2.11. The van der Waals surface area contributed by atoms with Gasteiger partial charge in [0.15, 0.2) is 0 Å². The second-order valence-electron chi connectivity index (χ2n) is 4.61. The van der Waals surface area contributed by atoms with Crippen LogP contribution in [0.3, 0.4) is 0 Å². The van der Waals surface area contributed by atoms with Crippen LogP contribution in [0, 0.1) is 0 Å². The summed E-state index contributed by atoms with van der Waals surface area (Å²) in [6, 6.07) is 15.0. The van der Waals surface area contributed by atoms with Crippen molar-refractivity contribution < 1.29 is 19.3 Å². The molecular formula is C17H20O4. The van der Waals surface area contributed by atoms with Gasteiger partial charge in [-0.15, -0.1) is 0 Å². The Balaban J connectivity index is 2.05. The minimum absolute atomic E-state index is 0.00344. The zero-order valence-corrected chi connectivity index (χ0v) is 12.3. The molecule has 4 heteroatoms. The second-order valence-corrected chi connectivity index (χ2v) is 4.61. The van der Waals surface area contributed by atoms with Gasteiger partial charge in [0.1, 0.15) is 17.2 Å². The first-order chi connectivity index (χ1) is 10.3. The molecule has 0 radical (unpaired) electrons. The van der Waals surface area contributed by atoms with E-state index in [0.29, 0.717) is 6.61 Å². The summed E-state index contributed by atoms with van der Waals surface area (Å²) in [6.07, 6.45) is 0. The molecule has 0 bridgehead atoms. The monoisotopic (exact) mass is 288 g/mol. The fraction of sp³-hybridized carbons (Fsp3) is 0.294. The Kier molecular flexibility index (Phi) is 5.46. The predicted octanol–water partition coefficient (Wildman–Crippen LogP) is 2.86. The molecule has 2 rings (SSSR count). The Morgan fingerprint density at radius 2 is 1.57 bits per heavy atom. The fourth-order valence-corrected chi connectivity index (χ4v) is 2.11. The average Bonchev–Trinajstić information content (AvgIpc) is 2.56. The van der Waals surface area contributed by atoms with Crippen molar-refractivity contribution in [1.29, 1.82) is 0 Å². The van der Waals surface area contributed by atoms with Crippen molar-refractivity contribution in [2.75, 3.05) is 27.4 Å². The van der Waals surface area contributed by atoms with Crippen molar-refractivity contribution in [1.82, 2.24) is 0 Å². The first-order valence-electron chi connectivity index (χ1n) is 6.79. The summed E-state index contributed by atoms with van der Waals surface area (Å²) in [5.41, 5.74) is 0.941. The molecule has 1 unspecified atom stereocenters. The van der Waals surface area contributed by atoms with Gasteiger partial charge in [-0.25, -0.2) is 0 Å². The standard InChI is InChI=1S/C17H20O4/c1-19-14-7-9-15(10-8-14)21-12-13(11-18)16-5-3-4-6-17(16)20-2/h3-10,13,18H,11-12H2,1-2H3. The van der Waals surface area contributed by atoms with Crippen molar-refractivity contribution in [2.45, 2.75) is 5.92 Å². The van der Waals surface area contributed by atoms with Crippen LogP contribution in [0.5, 0.6) is 17.2 Å². The molecule has 0 aliphatic heterocycles. The molecule has 0 saturated carbocycles. The zero-order valence-electron chi connectivity index (χ0n) is 12.3. The summed E-state index contributed by atoms with van der Waals surface area (Å²) in [4.78, 5) is 0. The van der Waals surface area contributed by atoms with E-state index in [2.05, 4.69) is 0 Å². The quantitative estimate of drug-likeness (QED) is 0.851. The number of hydrogen-bond acceptors (Lipinski definition) is 4. The topological polar surface area (TPSA) is 47.9 Å². The number of para-hydroxylation sites is 1. The van der Waals surface area contributed by atoms with Crippen LogP contribution in [0.1, 0.15) is 11.5 Å². The van der Waals surface area contributed by atoms with Crippen LogP contribution in [0.2, 0.25) is 0 Å². The molecule has 4 nitrogen and oxygen atoms in total. The van der Waals surface area contributed by atoms with E-state index < -0.39 is 0 Å². The predicted molar refractivity (Wildman–Crippen MR) is 81.3 cm³/mol. The Hall–Kier alpha value is -2.20. The van der Waals surface area contributed by atoms with Gasteiger partial charge in [0.25, 0.3) is 0 Å². The highest BCUT2D eigenvalue weighted by atomic mass is 16.5. The lowest BCUT2D eigenvalue weighted by atomic mass is 10.00. The molecule has 0 saturated heterocycles. The molecule has 1 atom stereocenters. The lowest BCUT2D eigenvalue weighted by Gasteiger charge is -2.18. The molecule has 0 amide bonds. The van der Waals surface area contributed by atoms with Gasteiger partial charge in [0.2, 0.25) is 0 Å². The number of aliphatic hydroxyl groups excluding tert-OH is 1. The molecule has 0 fully saturated rings. The van der Waals surface area contributed by atoms with Gasteiger partial charge >= 0.3 is 0 Å². The molecular weight excluding hydrogens is 268 g/mol. The van der Waals surface area contributed by atoms with Gasteiger partial charge in [-0.1, -0.05) is 18.2 Å². The first kappa shape index (κ1) is 15.2. The van der Waals surface area contributed by atoms with E-state index in [-0.39, 0.29) is 12.5 Å². The highest BCUT2D eigenvalue weighted by Gasteiger charge is 2.15. The lowest BCUT2D eigenvalue weighted by molar-refractivity contribution is 0.202. The Morgan fingerprint density at radius 1 is 0.905 bits per heavy atom. The van der Waals surface area contributed by atoms with E-state index in [9.17, 15) is 5.11 Å². The number of methoxy groups -OCH3 is 2. The van der Waals surface area contributed by atoms with E-state index in [1.807, 2.05) is 48.5 Å². The van der Waals surface area contributed by atoms with Crippen molar-refractivity contribution in [3.05, 3.63) is 54.1 Å². The maximum absolute atomic E-state index is 9.60. The second kappa shape index (κ2) is 7.55. The molecule has 0 aliphatic carbocycles. The van der Waals surface area contributed by atoms with Crippen molar-refractivity contribution >= 4 is 0 Å². The number of rotatable bonds is 7. The highest BCUT2D eigenvalue weighted by Crippen LogP contribution is 2.27. The number of aliphatic hydroxyl groups is 1. The summed E-state index contributed by atoms with van der Waals surface area (Å²) >= 11 is 0. The Morgan fingerprint density at radius 3 is 2.19 bits per heavy atom. The summed E-state index contributed by atoms with van der Waals surface area (Å²) in [6.45, 7) is 0.375. The van der Waals surface area contributed by atoms with Gasteiger partial charge in [-0.3, -0.25) is 0 Å². The molecule has 2 aromatic rings. The van der Waals surface area contributed by atoms with E-state index in [0.717, 1.165) is 22.8 Å². The van der Waals surface area contributed by atoms with Crippen LogP contribution >= 0.6 is 0 Å². The SMILES string of the molecule is COc1ccc(OCC(CO)c2ccccc2OC)cc1. The minimum atomic E-state index is -0.136. The Bertz CT molecular complexity index is 551. The molecule has 0 spiro atoms. The summed E-state index contributed by atoms with van der Waals surface area (Å²) < 4.78 is 16.2. The van der Waals surface area contributed by atoms with Crippen molar-refractivity contribution in [3.63, 3.8) is 0 Å². The van der Waals surface area contributed by atoms with Crippen LogP contribution in [-0.2, 0) is 0 Å².